The average Bonchev–Trinajstić information content (AvgIpc) is 2.36. The van der Waals surface area contributed by atoms with Crippen molar-refractivity contribution in [2.75, 3.05) is 24.2 Å². The van der Waals surface area contributed by atoms with Gasteiger partial charge in [-0.05, 0) is 18.8 Å². The lowest BCUT2D eigenvalue weighted by molar-refractivity contribution is 0.255. The second-order valence-corrected chi connectivity index (χ2v) is 5.24. The monoisotopic (exact) mass is 266 g/mol. The molecule has 1 unspecified atom stereocenters. The van der Waals surface area contributed by atoms with E-state index in [2.05, 4.69) is 22.2 Å². The van der Waals surface area contributed by atoms with Crippen molar-refractivity contribution in [2.45, 2.75) is 46.0 Å². The zero-order chi connectivity index (χ0) is 14.3. The Morgan fingerprint density at radius 1 is 1.32 bits per heavy atom. The number of nitrogens with zero attached hydrogens (tertiary/aromatic N) is 2. The molecule has 0 spiro atoms. The van der Waals surface area contributed by atoms with Crippen molar-refractivity contribution in [2.24, 2.45) is 5.92 Å². The summed E-state index contributed by atoms with van der Waals surface area (Å²) in [6, 6.07) is 1.76. The van der Waals surface area contributed by atoms with E-state index in [4.69, 9.17) is 10.8 Å². The van der Waals surface area contributed by atoms with Gasteiger partial charge in [0.1, 0.15) is 17.5 Å². The van der Waals surface area contributed by atoms with E-state index in [1.165, 1.54) is 0 Å². The molecule has 1 atom stereocenters. The van der Waals surface area contributed by atoms with Crippen LogP contribution in [0, 0.1) is 5.92 Å². The SMILES string of the molecule is CCCC(CCO)CNc1cc(N)nc(C(C)C)n1. The van der Waals surface area contributed by atoms with Crippen LogP contribution in [0.2, 0.25) is 0 Å². The molecule has 0 aliphatic rings. The predicted octanol–water partition coefficient (Wildman–Crippen LogP) is 2.39. The zero-order valence-corrected chi connectivity index (χ0v) is 12.2. The fraction of sp³-hybridized carbons (Fsp3) is 0.714. The maximum absolute atomic E-state index is 9.05. The van der Waals surface area contributed by atoms with Gasteiger partial charge in [0.25, 0.3) is 0 Å². The molecule has 0 aliphatic heterocycles. The third kappa shape index (κ3) is 5.42. The molecule has 0 radical (unpaired) electrons. The first-order chi connectivity index (χ1) is 9.06. The first kappa shape index (κ1) is 15.7. The predicted molar refractivity (Wildman–Crippen MR) is 79.1 cm³/mol. The summed E-state index contributed by atoms with van der Waals surface area (Å²) in [5.41, 5.74) is 5.79. The van der Waals surface area contributed by atoms with E-state index < -0.39 is 0 Å². The van der Waals surface area contributed by atoms with Gasteiger partial charge in [-0.15, -0.1) is 0 Å². The molecule has 0 fully saturated rings. The van der Waals surface area contributed by atoms with Gasteiger partial charge >= 0.3 is 0 Å². The Bertz CT molecular complexity index is 376. The van der Waals surface area contributed by atoms with Crippen LogP contribution in [0.1, 0.15) is 51.8 Å². The number of hydrogen-bond donors (Lipinski definition) is 3. The minimum atomic E-state index is 0.232. The van der Waals surface area contributed by atoms with E-state index in [0.29, 0.717) is 11.7 Å². The lowest BCUT2D eigenvalue weighted by Gasteiger charge is -2.17. The minimum Gasteiger partial charge on any atom is -0.396 e. The Morgan fingerprint density at radius 2 is 2.05 bits per heavy atom. The van der Waals surface area contributed by atoms with Crippen LogP contribution >= 0.6 is 0 Å². The summed E-state index contributed by atoms with van der Waals surface area (Å²) in [6.07, 6.45) is 3.04. The zero-order valence-electron chi connectivity index (χ0n) is 12.2. The number of nitrogens with two attached hydrogens (primary N) is 1. The summed E-state index contributed by atoms with van der Waals surface area (Å²) < 4.78 is 0. The molecule has 0 aromatic carbocycles. The number of rotatable bonds is 8. The summed E-state index contributed by atoms with van der Waals surface area (Å²) in [5, 5.41) is 12.4. The number of aliphatic hydroxyl groups excluding tert-OH is 1. The van der Waals surface area contributed by atoms with E-state index in [0.717, 1.165) is 37.4 Å². The third-order valence-electron chi connectivity index (χ3n) is 3.09. The molecule has 5 nitrogen and oxygen atoms in total. The lowest BCUT2D eigenvalue weighted by Crippen LogP contribution is -2.17. The molecule has 4 N–H and O–H groups in total. The van der Waals surface area contributed by atoms with Gasteiger partial charge in [-0.1, -0.05) is 27.2 Å². The molecule has 0 saturated heterocycles. The van der Waals surface area contributed by atoms with Crippen LogP contribution < -0.4 is 11.1 Å². The van der Waals surface area contributed by atoms with E-state index in [9.17, 15) is 0 Å². The Hall–Kier alpha value is -1.36. The molecule has 1 heterocycles. The highest BCUT2D eigenvalue weighted by Crippen LogP contribution is 2.17. The summed E-state index contributed by atoms with van der Waals surface area (Å²) in [4.78, 5) is 8.68. The normalized spacial score (nSPS) is 12.7. The molecule has 1 aromatic rings. The fourth-order valence-electron chi connectivity index (χ4n) is 2.02. The topological polar surface area (TPSA) is 84.1 Å². The van der Waals surface area contributed by atoms with Gasteiger partial charge in [0, 0.05) is 25.1 Å². The van der Waals surface area contributed by atoms with E-state index in [-0.39, 0.29) is 12.5 Å². The van der Waals surface area contributed by atoms with Crippen LogP contribution in [0.15, 0.2) is 6.07 Å². The van der Waals surface area contributed by atoms with Crippen molar-refractivity contribution in [1.29, 1.82) is 0 Å². The number of nitrogens with one attached hydrogen (secondary N) is 1. The van der Waals surface area contributed by atoms with E-state index in [1.807, 2.05) is 13.8 Å². The van der Waals surface area contributed by atoms with Crippen LogP contribution in [0.3, 0.4) is 0 Å². The van der Waals surface area contributed by atoms with Gasteiger partial charge in [0.15, 0.2) is 0 Å². The van der Waals surface area contributed by atoms with E-state index >= 15 is 0 Å². The van der Waals surface area contributed by atoms with Gasteiger partial charge in [0.2, 0.25) is 0 Å². The number of aliphatic hydroxyl groups is 1. The number of hydrogen-bond acceptors (Lipinski definition) is 5. The van der Waals surface area contributed by atoms with Crippen LogP contribution in [-0.2, 0) is 0 Å². The molecule has 0 amide bonds. The second-order valence-electron chi connectivity index (χ2n) is 5.24. The molecular formula is C14H26N4O. The largest absolute Gasteiger partial charge is 0.396 e. The van der Waals surface area contributed by atoms with Gasteiger partial charge in [-0.2, -0.15) is 0 Å². The molecule has 0 aliphatic carbocycles. The molecule has 0 saturated carbocycles. The number of nitrogen functional groups attached to an aromatic ring is 1. The summed E-state index contributed by atoms with van der Waals surface area (Å²) >= 11 is 0. The molecular weight excluding hydrogens is 240 g/mol. The molecule has 19 heavy (non-hydrogen) atoms. The van der Waals surface area contributed by atoms with Crippen LogP contribution in [-0.4, -0.2) is 28.2 Å². The maximum Gasteiger partial charge on any atom is 0.135 e. The molecule has 0 bridgehead atoms. The fourth-order valence-corrected chi connectivity index (χ4v) is 2.02. The highest BCUT2D eigenvalue weighted by Gasteiger charge is 2.10. The molecule has 5 heteroatoms. The number of anilines is 2. The second kappa shape index (κ2) is 7.94. The van der Waals surface area contributed by atoms with Crippen molar-refractivity contribution in [3.63, 3.8) is 0 Å². The molecule has 1 rings (SSSR count). The summed E-state index contributed by atoms with van der Waals surface area (Å²) in [7, 11) is 0. The Kier molecular flexibility index (Phi) is 6.56. The van der Waals surface area contributed by atoms with Crippen molar-refractivity contribution in [1.82, 2.24) is 9.97 Å². The first-order valence-corrected chi connectivity index (χ1v) is 7.06. The molecule has 1 aromatic heterocycles. The smallest absolute Gasteiger partial charge is 0.135 e. The van der Waals surface area contributed by atoms with Crippen molar-refractivity contribution < 1.29 is 5.11 Å². The quantitative estimate of drug-likeness (QED) is 0.673. The van der Waals surface area contributed by atoms with Crippen LogP contribution in [0.25, 0.3) is 0 Å². The highest BCUT2D eigenvalue weighted by atomic mass is 16.3. The Morgan fingerprint density at radius 3 is 2.63 bits per heavy atom. The maximum atomic E-state index is 9.05. The Labute approximate surface area is 115 Å². The number of aromatic nitrogens is 2. The van der Waals surface area contributed by atoms with E-state index in [1.54, 1.807) is 6.07 Å². The van der Waals surface area contributed by atoms with Crippen LogP contribution in [0.4, 0.5) is 11.6 Å². The van der Waals surface area contributed by atoms with Gasteiger partial charge < -0.3 is 16.2 Å². The lowest BCUT2D eigenvalue weighted by atomic mass is 10.0. The Balaban J connectivity index is 2.65. The van der Waals surface area contributed by atoms with Gasteiger partial charge in [0.05, 0.1) is 0 Å². The summed E-state index contributed by atoms with van der Waals surface area (Å²) in [6.45, 7) is 7.29. The standard InChI is InChI=1S/C14H26N4O/c1-4-5-11(6-7-19)9-16-13-8-12(15)17-14(18-13)10(2)3/h8,10-11,19H,4-7,9H2,1-3H3,(H3,15,16,17,18). The molecule has 108 valence electrons. The van der Waals surface area contributed by atoms with Crippen molar-refractivity contribution in [3.8, 4) is 0 Å². The first-order valence-electron chi connectivity index (χ1n) is 7.06. The van der Waals surface area contributed by atoms with Crippen molar-refractivity contribution >= 4 is 11.6 Å². The van der Waals surface area contributed by atoms with Gasteiger partial charge in [-0.3, -0.25) is 0 Å². The van der Waals surface area contributed by atoms with Crippen LogP contribution in [0.5, 0.6) is 0 Å². The average molecular weight is 266 g/mol. The third-order valence-corrected chi connectivity index (χ3v) is 3.09. The highest BCUT2D eigenvalue weighted by molar-refractivity contribution is 5.44. The van der Waals surface area contributed by atoms with Crippen molar-refractivity contribution in [3.05, 3.63) is 11.9 Å². The van der Waals surface area contributed by atoms with Gasteiger partial charge in [-0.25, -0.2) is 9.97 Å². The minimum absolute atomic E-state index is 0.232. The summed E-state index contributed by atoms with van der Waals surface area (Å²) in [5.74, 6) is 2.75.